The van der Waals surface area contributed by atoms with Crippen molar-refractivity contribution >= 4 is 23.4 Å². The number of carbonyl (C=O) groups is 3. The van der Waals surface area contributed by atoms with Gasteiger partial charge in [0, 0.05) is 17.7 Å². The molecule has 1 aliphatic heterocycles. The number of imide groups is 1. The van der Waals surface area contributed by atoms with Gasteiger partial charge < -0.3 is 14.8 Å². The van der Waals surface area contributed by atoms with Crippen LogP contribution in [0.25, 0.3) is 0 Å². The highest BCUT2D eigenvalue weighted by Crippen LogP contribution is 2.36. The molecule has 3 aromatic carbocycles. The second-order valence-electron chi connectivity index (χ2n) is 8.48. The van der Waals surface area contributed by atoms with Crippen LogP contribution in [0.3, 0.4) is 0 Å². The number of methoxy groups -OCH3 is 1. The quantitative estimate of drug-likeness (QED) is 0.467. The van der Waals surface area contributed by atoms with Crippen LogP contribution in [0.4, 0.5) is 5.69 Å². The molecule has 0 saturated carbocycles. The molecule has 1 saturated heterocycles. The van der Waals surface area contributed by atoms with Crippen LogP contribution in [0.5, 0.6) is 11.5 Å². The molecule has 4 rings (SSSR count). The molecule has 180 valence electrons. The average molecular weight is 473 g/mol. The van der Waals surface area contributed by atoms with Gasteiger partial charge in [0.15, 0.2) is 11.5 Å². The van der Waals surface area contributed by atoms with E-state index in [0.29, 0.717) is 48.6 Å². The molecular formula is C28H28N2O5. The van der Waals surface area contributed by atoms with E-state index in [1.54, 1.807) is 30.3 Å². The lowest BCUT2D eigenvalue weighted by molar-refractivity contribution is -0.138. The minimum absolute atomic E-state index is 0.241. The van der Waals surface area contributed by atoms with Gasteiger partial charge in [-0.25, -0.2) is 0 Å². The van der Waals surface area contributed by atoms with E-state index in [-0.39, 0.29) is 17.7 Å². The molecule has 7 nitrogen and oxygen atoms in total. The highest BCUT2D eigenvalue weighted by molar-refractivity contribution is 6.05. The standard InChI is InChI=1S/C28H28N2O5/c1-3-28(16-15-25(31)30-27(28)33)21-10-12-22(13-11-21)29-26(32)20-9-14-23(24(17-20)34-2)35-18-19-7-5-4-6-8-19/h4-14,17H,3,15-16,18H2,1-2H3,(H,29,32)(H,30,31,33). The van der Waals surface area contributed by atoms with Gasteiger partial charge in [0.05, 0.1) is 12.5 Å². The smallest absolute Gasteiger partial charge is 0.255 e. The van der Waals surface area contributed by atoms with E-state index >= 15 is 0 Å². The molecule has 1 heterocycles. The third-order valence-electron chi connectivity index (χ3n) is 6.43. The summed E-state index contributed by atoms with van der Waals surface area (Å²) in [5, 5.41) is 5.33. The summed E-state index contributed by atoms with van der Waals surface area (Å²) in [5.74, 6) is 0.208. The van der Waals surface area contributed by atoms with Crippen LogP contribution in [0, 0.1) is 0 Å². The summed E-state index contributed by atoms with van der Waals surface area (Å²) in [4.78, 5) is 37.0. The Labute approximate surface area is 204 Å². The van der Waals surface area contributed by atoms with Gasteiger partial charge in [-0.3, -0.25) is 19.7 Å². The van der Waals surface area contributed by atoms with Gasteiger partial charge in [-0.1, -0.05) is 49.4 Å². The number of amides is 3. The monoisotopic (exact) mass is 472 g/mol. The fraction of sp³-hybridized carbons (Fsp3) is 0.250. The van der Waals surface area contributed by atoms with Crippen molar-refractivity contribution in [3.63, 3.8) is 0 Å². The second kappa shape index (κ2) is 10.4. The Bertz CT molecular complexity index is 1220. The fourth-order valence-corrected chi connectivity index (χ4v) is 4.31. The first-order valence-corrected chi connectivity index (χ1v) is 11.6. The maximum Gasteiger partial charge on any atom is 0.255 e. The second-order valence-corrected chi connectivity index (χ2v) is 8.48. The molecule has 1 unspecified atom stereocenters. The molecular weight excluding hydrogens is 444 g/mol. The number of carbonyl (C=O) groups excluding carboxylic acids is 3. The Hall–Kier alpha value is -4.13. The predicted molar refractivity (Wildman–Crippen MR) is 133 cm³/mol. The van der Waals surface area contributed by atoms with Crippen molar-refractivity contribution in [2.24, 2.45) is 0 Å². The molecule has 3 amide bonds. The van der Waals surface area contributed by atoms with E-state index < -0.39 is 5.41 Å². The zero-order chi connectivity index (χ0) is 24.8. The number of benzene rings is 3. The van der Waals surface area contributed by atoms with Gasteiger partial charge in [-0.2, -0.15) is 0 Å². The van der Waals surface area contributed by atoms with Crippen molar-refractivity contribution in [2.45, 2.75) is 38.2 Å². The molecule has 0 aliphatic carbocycles. The van der Waals surface area contributed by atoms with Gasteiger partial charge >= 0.3 is 0 Å². The first kappa shape index (κ1) is 24.0. The van der Waals surface area contributed by atoms with E-state index in [2.05, 4.69) is 10.6 Å². The van der Waals surface area contributed by atoms with Crippen LogP contribution in [0.15, 0.2) is 72.8 Å². The Morgan fingerprint density at radius 2 is 1.74 bits per heavy atom. The third kappa shape index (κ3) is 5.19. The molecule has 0 spiro atoms. The number of piperidine rings is 1. The zero-order valence-corrected chi connectivity index (χ0v) is 19.8. The van der Waals surface area contributed by atoms with Gasteiger partial charge in [-0.15, -0.1) is 0 Å². The van der Waals surface area contributed by atoms with Crippen molar-refractivity contribution < 1.29 is 23.9 Å². The van der Waals surface area contributed by atoms with E-state index in [0.717, 1.165) is 11.1 Å². The van der Waals surface area contributed by atoms with E-state index in [1.807, 2.05) is 49.4 Å². The van der Waals surface area contributed by atoms with Crippen molar-refractivity contribution in [3.8, 4) is 11.5 Å². The van der Waals surface area contributed by atoms with Crippen molar-refractivity contribution in [1.82, 2.24) is 5.32 Å². The number of rotatable bonds is 8. The van der Waals surface area contributed by atoms with E-state index in [4.69, 9.17) is 9.47 Å². The Balaban J connectivity index is 1.44. The van der Waals surface area contributed by atoms with E-state index in [9.17, 15) is 14.4 Å². The lowest BCUT2D eigenvalue weighted by atomic mass is 9.72. The first-order valence-electron chi connectivity index (χ1n) is 11.6. The lowest BCUT2D eigenvalue weighted by Gasteiger charge is -2.35. The largest absolute Gasteiger partial charge is 0.493 e. The molecule has 0 aromatic heterocycles. The molecule has 2 N–H and O–H groups in total. The van der Waals surface area contributed by atoms with Gasteiger partial charge in [0.1, 0.15) is 6.61 Å². The molecule has 1 aliphatic rings. The summed E-state index contributed by atoms with van der Waals surface area (Å²) in [7, 11) is 1.53. The number of ether oxygens (including phenoxy) is 2. The summed E-state index contributed by atoms with van der Waals surface area (Å²) in [5.41, 5.74) is 2.14. The van der Waals surface area contributed by atoms with Crippen LogP contribution >= 0.6 is 0 Å². The van der Waals surface area contributed by atoms with Crippen LogP contribution in [-0.2, 0) is 21.6 Å². The minimum Gasteiger partial charge on any atom is -0.493 e. The third-order valence-corrected chi connectivity index (χ3v) is 6.43. The van der Waals surface area contributed by atoms with E-state index in [1.165, 1.54) is 7.11 Å². The number of anilines is 1. The molecule has 1 fully saturated rings. The van der Waals surface area contributed by atoms with Crippen LogP contribution in [-0.4, -0.2) is 24.8 Å². The topological polar surface area (TPSA) is 93.7 Å². The Morgan fingerprint density at radius 1 is 1.00 bits per heavy atom. The summed E-state index contributed by atoms with van der Waals surface area (Å²) in [6.45, 7) is 2.33. The summed E-state index contributed by atoms with van der Waals surface area (Å²) >= 11 is 0. The minimum atomic E-state index is -0.737. The Morgan fingerprint density at radius 3 is 2.40 bits per heavy atom. The van der Waals surface area contributed by atoms with Gasteiger partial charge in [0.2, 0.25) is 11.8 Å². The molecule has 7 heteroatoms. The number of hydrogen-bond donors (Lipinski definition) is 2. The molecule has 35 heavy (non-hydrogen) atoms. The van der Waals surface area contributed by atoms with Crippen molar-refractivity contribution in [3.05, 3.63) is 89.5 Å². The lowest BCUT2D eigenvalue weighted by Crippen LogP contribution is -2.51. The predicted octanol–water partition coefficient (Wildman–Crippen LogP) is 4.61. The van der Waals surface area contributed by atoms with Gasteiger partial charge in [0.25, 0.3) is 5.91 Å². The molecule has 0 radical (unpaired) electrons. The van der Waals surface area contributed by atoms with Crippen molar-refractivity contribution in [1.29, 1.82) is 0 Å². The highest BCUT2D eigenvalue weighted by Gasteiger charge is 2.42. The summed E-state index contributed by atoms with van der Waals surface area (Å²) in [6, 6.07) is 22.0. The normalized spacial score (nSPS) is 17.4. The zero-order valence-electron chi connectivity index (χ0n) is 19.8. The molecule has 0 bridgehead atoms. The van der Waals surface area contributed by atoms with Crippen LogP contribution < -0.4 is 20.1 Å². The Kier molecular flexibility index (Phi) is 7.15. The number of nitrogens with one attached hydrogen (secondary N) is 2. The summed E-state index contributed by atoms with van der Waals surface area (Å²) in [6.07, 6.45) is 1.36. The van der Waals surface area contributed by atoms with Gasteiger partial charge in [-0.05, 0) is 54.3 Å². The highest BCUT2D eigenvalue weighted by atomic mass is 16.5. The maximum absolute atomic E-state index is 12.9. The fourth-order valence-electron chi connectivity index (χ4n) is 4.31. The summed E-state index contributed by atoms with van der Waals surface area (Å²) < 4.78 is 11.3. The maximum atomic E-state index is 12.9. The average Bonchev–Trinajstić information content (AvgIpc) is 2.89. The molecule has 1 atom stereocenters. The number of hydrogen-bond acceptors (Lipinski definition) is 5. The first-order chi connectivity index (χ1) is 16.9. The molecule has 3 aromatic rings. The van der Waals surface area contributed by atoms with Crippen LogP contribution in [0.2, 0.25) is 0 Å². The SMILES string of the molecule is CCC1(c2ccc(NC(=O)c3ccc(OCc4ccccc4)c(OC)c3)cc2)CCC(=O)NC1=O. The van der Waals surface area contributed by atoms with Crippen LogP contribution in [0.1, 0.15) is 47.7 Å². The van der Waals surface area contributed by atoms with Crippen molar-refractivity contribution in [2.75, 3.05) is 12.4 Å².